The molecule has 0 heterocycles. The third-order valence-electron chi connectivity index (χ3n) is 5.32. The van der Waals surface area contributed by atoms with Gasteiger partial charge in [0.2, 0.25) is 5.91 Å². The fraction of sp³-hybridized carbons (Fsp3) is 0.409. The van der Waals surface area contributed by atoms with Gasteiger partial charge in [-0.2, -0.15) is 0 Å². The van der Waals surface area contributed by atoms with Gasteiger partial charge in [-0.1, -0.05) is 48.6 Å². The summed E-state index contributed by atoms with van der Waals surface area (Å²) in [7, 11) is -3.89. The van der Waals surface area contributed by atoms with Crippen LogP contribution in [0.25, 0.3) is 0 Å². The molecule has 0 aliphatic heterocycles. The van der Waals surface area contributed by atoms with Gasteiger partial charge in [-0.05, 0) is 62.1 Å². The molecule has 0 unspecified atom stereocenters. The molecule has 1 saturated carbocycles. The second kappa shape index (κ2) is 9.63. The number of nitrogens with one attached hydrogen (secondary N) is 1. The number of hydrogen-bond acceptors (Lipinski definition) is 3. The number of hydrogen-bond donors (Lipinski definition) is 1. The molecule has 0 aromatic heterocycles. The van der Waals surface area contributed by atoms with E-state index >= 15 is 0 Å². The fourth-order valence-electron chi connectivity index (χ4n) is 3.60. The second-order valence-electron chi connectivity index (χ2n) is 7.61. The Hall–Kier alpha value is -2.05. The highest BCUT2D eigenvalue weighted by Crippen LogP contribution is 2.26. The number of nitrogens with zero attached hydrogens (tertiary/aromatic N) is 1. The molecule has 7 heteroatoms. The van der Waals surface area contributed by atoms with Crippen molar-refractivity contribution in [2.45, 2.75) is 43.9 Å². The van der Waals surface area contributed by atoms with Crippen LogP contribution in [0.1, 0.15) is 37.7 Å². The molecule has 1 fully saturated rings. The summed E-state index contributed by atoms with van der Waals surface area (Å²) in [6.45, 7) is 2.22. The molecule has 1 N–H and O–H groups in total. The van der Waals surface area contributed by atoms with Crippen LogP contribution >= 0.6 is 11.6 Å². The van der Waals surface area contributed by atoms with Crippen LogP contribution in [0.3, 0.4) is 0 Å². The lowest BCUT2D eigenvalue weighted by Gasteiger charge is -2.26. The van der Waals surface area contributed by atoms with Gasteiger partial charge in [0.25, 0.3) is 10.0 Å². The Morgan fingerprint density at radius 2 is 1.66 bits per heavy atom. The molecular weight excluding hydrogens is 408 g/mol. The molecule has 156 valence electrons. The smallest absolute Gasteiger partial charge is 0.264 e. The standard InChI is InChI=1S/C22H27ClN2O3S/c1-17-7-13-21(14-8-17)29(27,28)25(20-11-9-19(23)10-12-20)16-22(26)24-15-18-5-3-2-4-6-18/h7-14,18H,2-6,15-16H2,1H3,(H,24,26). The van der Waals surface area contributed by atoms with Crippen LogP contribution in [0, 0.1) is 12.8 Å². The van der Waals surface area contributed by atoms with E-state index in [0.717, 1.165) is 22.7 Å². The second-order valence-corrected chi connectivity index (χ2v) is 9.91. The van der Waals surface area contributed by atoms with Crippen LogP contribution in [0.5, 0.6) is 0 Å². The molecule has 0 saturated heterocycles. The van der Waals surface area contributed by atoms with Crippen LogP contribution in [-0.4, -0.2) is 27.4 Å². The van der Waals surface area contributed by atoms with E-state index in [9.17, 15) is 13.2 Å². The number of benzene rings is 2. The molecule has 0 atom stereocenters. The minimum absolute atomic E-state index is 0.151. The lowest BCUT2D eigenvalue weighted by atomic mass is 9.89. The largest absolute Gasteiger partial charge is 0.354 e. The van der Waals surface area contributed by atoms with Crippen molar-refractivity contribution in [3.05, 3.63) is 59.1 Å². The summed E-state index contributed by atoms with van der Waals surface area (Å²) >= 11 is 5.96. The number of anilines is 1. The molecule has 1 amide bonds. The first-order valence-electron chi connectivity index (χ1n) is 9.98. The maximum Gasteiger partial charge on any atom is 0.264 e. The van der Waals surface area contributed by atoms with E-state index in [-0.39, 0.29) is 17.3 Å². The lowest BCUT2D eigenvalue weighted by Crippen LogP contribution is -2.42. The highest BCUT2D eigenvalue weighted by Gasteiger charge is 2.27. The Bertz CT molecular complexity index is 922. The molecule has 0 bridgehead atoms. The van der Waals surface area contributed by atoms with Crippen molar-refractivity contribution < 1.29 is 13.2 Å². The first kappa shape index (κ1) is 21.7. The van der Waals surface area contributed by atoms with E-state index in [4.69, 9.17) is 11.6 Å². The fourth-order valence-corrected chi connectivity index (χ4v) is 5.14. The summed E-state index contributed by atoms with van der Waals surface area (Å²) in [4.78, 5) is 12.8. The number of carbonyl (C=O) groups excluding carboxylic acids is 1. The highest BCUT2D eigenvalue weighted by atomic mass is 35.5. The Balaban J connectivity index is 1.80. The third-order valence-corrected chi connectivity index (χ3v) is 7.36. The molecular formula is C22H27ClN2O3S. The average Bonchev–Trinajstić information content (AvgIpc) is 2.72. The zero-order valence-electron chi connectivity index (χ0n) is 16.6. The first-order valence-corrected chi connectivity index (χ1v) is 11.8. The van der Waals surface area contributed by atoms with Crippen molar-refractivity contribution in [1.82, 2.24) is 5.32 Å². The van der Waals surface area contributed by atoms with Gasteiger partial charge in [-0.25, -0.2) is 8.42 Å². The first-order chi connectivity index (χ1) is 13.9. The molecule has 3 rings (SSSR count). The number of rotatable bonds is 7. The van der Waals surface area contributed by atoms with Crippen LogP contribution in [0.2, 0.25) is 5.02 Å². The van der Waals surface area contributed by atoms with Gasteiger partial charge in [0.15, 0.2) is 0 Å². The minimum Gasteiger partial charge on any atom is -0.354 e. The summed E-state index contributed by atoms with van der Waals surface area (Å²) in [5.41, 5.74) is 1.37. The average molecular weight is 435 g/mol. The van der Waals surface area contributed by atoms with Crippen LogP contribution in [0.4, 0.5) is 5.69 Å². The minimum atomic E-state index is -3.89. The van der Waals surface area contributed by atoms with Gasteiger partial charge in [-0.15, -0.1) is 0 Å². The van der Waals surface area contributed by atoms with Crippen molar-refractivity contribution in [2.24, 2.45) is 5.92 Å². The molecule has 1 aliphatic carbocycles. The SMILES string of the molecule is Cc1ccc(S(=O)(=O)N(CC(=O)NCC2CCCCC2)c2ccc(Cl)cc2)cc1. The Kier molecular flexibility index (Phi) is 7.19. The monoisotopic (exact) mass is 434 g/mol. The molecule has 5 nitrogen and oxygen atoms in total. The van der Waals surface area contributed by atoms with Gasteiger partial charge in [0.05, 0.1) is 10.6 Å². The van der Waals surface area contributed by atoms with Crippen molar-refractivity contribution in [2.75, 3.05) is 17.4 Å². The lowest BCUT2D eigenvalue weighted by molar-refractivity contribution is -0.119. The predicted octanol–water partition coefficient (Wildman–Crippen LogP) is 4.54. The number of amides is 1. The summed E-state index contributed by atoms with van der Waals surface area (Å²) in [6.07, 6.45) is 5.87. The van der Waals surface area contributed by atoms with E-state index < -0.39 is 10.0 Å². The molecule has 29 heavy (non-hydrogen) atoms. The van der Waals surface area contributed by atoms with Crippen molar-refractivity contribution in [3.8, 4) is 0 Å². The maximum absolute atomic E-state index is 13.3. The Morgan fingerprint density at radius 1 is 1.03 bits per heavy atom. The van der Waals surface area contributed by atoms with Crippen LogP contribution < -0.4 is 9.62 Å². The van der Waals surface area contributed by atoms with E-state index in [1.165, 1.54) is 19.3 Å². The third kappa shape index (κ3) is 5.73. The highest BCUT2D eigenvalue weighted by molar-refractivity contribution is 7.92. The van der Waals surface area contributed by atoms with Gasteiger partial charge in [0, 0.05) is 11.6 Å². The van der Waals surface area contributed by atoms with E-state index in [2.05, 4.69) is 5.32 Å². The van der Waals surface area contributed by atoms with Gasteiger partial charge < -0.3 is 5.32 Å². The zero-order valence-corrected chi connectivity index (χ0v) is 18.2. The quantitative estimate of drug-likeness (QED) is 0.695. The normalized spacial score (nSPS) is 15.1. The number of carbonyl (C=O) groups is 1. The van der Waals surface area contributed by atoms with E-state index in [1.807, 2.05) is 6.92 Å². The molecule has 0 spiro atoms. The zero-order chi connectivity index (χ0) is 20.9. The van der Waals surface area contributed by atoms with E-state index in [0.29, 0.717) is 23.2 Å². The molecule has 0 radical (unpaired) electrons. The van der Waals surface area contributed by atoms with Crippen molar-refractivity contribution >= 4 is 33.2 Å². The van der Waals surface area contributed by atoms with Gasteiger partial charge in [-0.3, -0.25) is 9.10 Å². The summed E-state index contributed by atoms with van der Waals surface area (Å²) < 4.78 is 27.7. The van der Waals surface area contributed by atoms with Crippen molar-refractivity contribution in [1.29, 1.82) is 0 Å². The summed E-state index contributed by atoms with van der Waals surface area (Å²) in [5, 5.41) is 3.43. The van der Waals surface area contributed by atoms with Crippen LogP contribution in [-0.2, 0) is 14.8 Å². The van der Waals surface area contributed by atoms with Crippen molar-refractivity contribution in [3.63, 3.8) is 0 Å². The van der Waals surface area contributed by atoms with Crippen LogP contribution in [0.15, 0.2) is 53.4 Å². The molecule has 2 aromatic rings. The Labute approximate surface area is 178 Å². The molecule has 2 aromatic carbocycles. The van der Waals surface area contributed by atoms with E-state index in [1.54, 1.807) is 48.5 Å². The predicted molar refractivity (Wildman–Crippen MR) is 117 cm³/mol. The summed E-state index contributed by atoms with van der Waals surface area (Å²) in [5.74, 6) is 0.173. The summed E-state index contributed by atoms with van der Waals surface area (Å²) in [6, 6.07) is 13.1. The number of sulfonamides is 1. The molecule has 1 aliphatic rings. The Morgan fingerprint density at radius 3 is 2.28 bits per heavy atom. The number of aryl methyl sites for hydroxylation is 1. The van der Waals surface area contributed by atoms with Gasteiger partial charge >= 0.3 is 0 Å². The van der Waals surface area contributed by atoms with Gasteiger partial charge in [0.1, 0.15) is 6.54 Å². The maximum atomic E-state index is 13.3. The topological polar surface area (TPSA) is 66.5 Å². The number of halogens is 1.